The van der Waals surface area contributed by atoms with Crippen LogP contribution in [0, 0.1) is 11.6 Å². The Morgan fingerprint density at radius 1 is 0.848 bits per heavy atom. The van der Waals surface area contributed by atoms with E-state index in [9.17, 15) is 23.2 Å². The number of ketones is 1. The predicted molar refractivity (Wildman–Crippen MR) is 121 cm³/mol. The molecule has 0 spiro atoms. The molecule has 166 valence electrons. The molecule has 0 aliphatic heterocycles. The molecule has 0 aliphatic rings. The van der Waals surface area contributed by atoms with Gasteiger partial charge >= 0.3 is 0 Å². The van der Waals surface area contributed by atoms with Crippen LogP contribution in [0.3, 0.4) is 0 Å². The second-order valence-electron chi connectivity index (χ2n) is 7.67. The number of aryl methyl sites for hydroxylation is 1. The van der Waals surface area contributed by atoms with Crippen molar-refractivity contribution < 1.29 is 13.6 Å². The number of carbonyl (C=O) groups is 1. The zero-order chi connectivity index (χ0) is 23.4. The average molecular weight is 446 g/mol. The number of aromatic nitrogens is 2. The van der Waals surface area contributed by atoms with Gasteiger partial charge < -0.3 is 9.55 Å². The minimum Gasteiger partial charge on any atom is -0.329 e. The summed E-state index contributed by atoms with van der Waals surface area (Å²) in [5, 5.41) is 0. The van der Waals surface area contributed by atoms with E-state index in [2.05, 4.69) is 4.98 Å². The Balaban J connectivity index is 1.49. The molecule has 0 unspecified atom stereocenters. The summed E-state index contributed by atoms with van der Waals surface area (Å²) in [7, 11) is 0. The molecule has 0 atom stereocenters. The van der Waals surface area contributed by atoms with Crippen LogP contribution in [-0.4, -0.2) is 15.3 Å². The summed E-state index contributed by atoms with van der Waals surface area (Å²) < 4.78 is 27.9. The molecule has 7 heteroatoms. The van der Waals surface area contributed by atoms with Crippen LogP contribution in [0.2, 0.25) is 0 Å². The molecule has 1 N–H and O–H groups in total. The van der Waals surface area contributed by atoms with Gasteiger partial charge in [0.15, 0.2) is 17.4 Å². The molecule has 2 aromatic heterocycles. The summed E-state index contributed by atoms with van der Waals surface area (Å²) >= 11 is 0. The maximum Gasteiger partial charge on any atom is 0.261 e. The van der Waals surface area contributed by atoms with Crippen LogP contribution in [0.4, 0.5) is 8.78 Å². The average Bonchev–Trinajstić information content (AvgIpc) is 2.81. The highest BCUT2D eigenvalue weighted by Crippen LogP contribution is 2.19. The van der Waals surface area contributed by atoms with Crippen LogP contribution in [0.1, 0.15) is 27.9 Å². The first-order valence-electron chi connectivity index (χ1n) is 10.4. The monoisotopic (exact) mass is 446 g/mol. The van der Waals surface area contributed by atoms with E-state index >= 15 is 0 Å². The third-order valence-corrected chi connectivity index (χ3v) is 5.33. The van der Waals surface area contributed by atoms with Crippen molar-refractivity contribution in [2.75, 3.05) is 0 Å². The number of H-pyrrole nitrogens is 1. The van der Waals surface area contributed by atoms with Crippen molar-refractivity contribution in [3.8, 4) is 11.1 Å². The van der Waals surface area contributed by atoms with Crippen LogP contribution in [0.25, 0.3) is 11.1 Å². The SMILES string of the molecule is O=C(CCc1cccc(-c2cc[nH]c(=O)c2)c1)c1cccn(Cc2ccc(F)c(F)c2)c1=O. The quantitative estimate of drug-likeness (QED) is 0.429. The lowest BCUT2D eigenvalue weighted by Gasteiger charge is -2.09. The number of hydrogen-bond acceptors (Lipinski definition) is 3. The summed E-state index contributed by atoms with van der Waals surface area (Å²) in [6.45, 7) is 0.0232. The number of rotatable bonds is 7. The number of Topliss-reactive ketones (excluding diaryl/α,β-unsaturated/α-hetero) is 1. The summed E-state index contributed by atoms with van der Waals surface area (Å²) in [6.07, 6.45) is 3.64. The number of hydrogen-bond donors (Lipinski definition) is 1. The van der Waals surface area contributed by atoms with Gasteiger partial charge in [0.05, 0.1) is 12.1 Å². The van der Waals surface area contributed by atoms with Gasteiger partial charge in [0.1, 0.15) is 0 Å². The molecule has 0 amide bonds. The van der Waals surface area contributed by atoms with Crippen molar-refractivity contribution in [3.63, 3.8) is 0 Å². The standard InChI is InChI=1S/C26H20F2N2O3/c27-22-8-6-18(14-23(22)28)16-30-12-2-5-21(26(30)33)24(31)9-7-17-3-1-4-19(13-17)20-10-11-29-25(32)15-20/h1-6,8,10-15H,7,9,16H2,(H,29,32). The lowest BCUT2D eigenvalue weighted by atomic mass is 9.99. The topological polar surface area (TPSA) is 71.9 Å². The van der Waals surface area contributed by atoms with Crippen molar-refractivity contribution in [3.05, 3.63) is 128 Å². The Hall–Kier alpha value is -4.13. The Morgan fingerprint density at radius 3 is 2.45 bits per heavy atom. The Bertz CT molecular complexity index is 1440. The predicted octanol–water partition coefficient (Wildman–Crippen LogP) is 4.35. The molecule has 0 bridgehead atoms. The normalized spacial score (nSPS) is 10.8. The van der Waals surface area contributed by atoms with Crippen molar-refractivity contribution in [1.29, 1.82) is 0 Å². The third-order valence-electron chi connectivity index (χ3n) is 5.33. The Labute approximate surface area is 188 Å². The molecule has 5 nitrogen and oxygen atoms in total. The highest BCUT2D eigenvalue weighted by molar-refractivity contribution is 5.95. The molecule has 4 rings (SSSR count). The summed E-state index contributed by atoms with van der Waals surface area (Å²) in [4.78, 5) is 39.7. The number of nitrogens with zero attached hydrogens (tertiary/aromatic N) is 1. The van der Waals surface area contributed by atoms with Crippen LogP contribution in [0.5, 0.6) is 0 Å². The van der Waals surface area contributed by atoms with E-state index in [0.29, 0.717) is 12.0 Å². The molecule has 0 saturated heterocycles. The second kappa shape index (κ2) is 9.56. The van der Waals surface area contributed by atoms with Gasteiger partial charge in [0.2, 0.25) is 5.56 Å². The molecule has 0 radical (unpaired) electrons. The fourth-order valence-corrected chi connectivity index (χ4v) is 3.63. The van der Waals surface area contributed by atoms with Crippen LogP contribution in [0.15, 0.2) is 88.7 Å². The van der Waals surface area contributed by atoms with Gasteiger partial charge in [-0.3, -0.25) is 14.4 Å². The molecule has 2 heterocycles. The molecule has 0 aliphatic carbocycles. The fourth-order valence-electron chi connectivity index (χ4n) is 3.63. The van der Waals surface area contributed by atoms with E-state index in [4.69, 9.17) is 0 Å². The first-order valence-corrected chi connectivity index (χ1v) is 10.4. The van der Waals surface area contributed by atoms with Gasteiger partial charge in [-0.05, 0) is 59.0 Å². The first kappa shape index (κ1) is 22.1. The molecular weight excluding hydrogens is 426 g/mol. The highest BCUT2D eigenvalue weighted by Gasteiger charge is 2.13. The Kier molecular flexibility index (Phi) is 6.40. The highest BCUT2D eigenvalue weighted by atomic mass is 19.2. The van der Waals surface area contributed by atoms with Gasteiger partial charge in [0.25, 0.3) is 5.56 Å². The minimum atomic E-state index is -0.991. The van der Waals surface area contributed by atoms with Crippen molar-refractivity contribution >= 4 is 5.78 Å². The minimum absolute atomic E-state index is 0.0232. The van der Waals surface area contributed by atoms with Crippen LogP contribution >= 0.6 is 0 Å². The van der Waals surface area contributed by atoms with E-state index in [1.165, 1.54) is 29.0 Å². The number of nitrogens with one attached hydrogen (secondary N) is 1. The van der Waals surface area contributed by atoms with Gasteiger partial charge in [-0.1, -0.05) is 30.3 Å². The fraction of sp³-hybridized carbons (Fsp3) is 0.115. The maximum absolute atomic E-state index is 13.5. The van der Waals surface area contributed by atoms with E-state index in [0.717, 1.165) is 28.8 Å². The second-order valence-corrected chi connectivity index (χ2v) is 7.67. The summed E-state index contributed by atoms with van der Waals surface area (Å²) in [6, 6.07) is 17.3. The summed E-state index contributed by atoms with van der Waals surface area (Å²) in [5.74, 6) is -2.26. The largest absolute Gasteiger partial charge is 0.329 e. The lowest BCUT2D eigenvalue weighted by Crippen LogP contribution is -2.26. The molecular formula is C26H20F2N2O3. The molecule has 0 fully saturated rings. The van der Waals surface area contributed by atoms with Crippen molar-refractivity contribution in [2.24, 2.45) is 0 Å². The van der Waals surface area contributed by atoms with E-state index in [1.807, 2.05) is 24.3 Å². The van der Waals surface area contributed by atoms with Crippen LogP contribution < -0.4 is 11.1 Å². The molecule has 0 saturated carbocycles. The zero-order valence-corrected chi connectivity index (χ0v) is 17.6. The first-order chi connectivity index (χ1) is 15.9. The smallest absolute Gasteiger partial charge is 0.261 e. The van der Waals surface area contributed by atoms with Crippen molar-refractivity contribution in [2.45, 2.75) is 19.4 Å². The lowest BCUT2D eigenvalue weighted by molar-refractivity contribution is 0.0981. The summed E-state index contributed by atoms with van der Waals surface area (Å²) in [5.41, 5.74) is 2.32. The third kappa shape index (κ3) is 5.20. The number of benzene rings is 2. The van der Waals surface area contributed by atoms with Gasteiger partial charge in [-0.2, -0.15) is 0 Å². The molecule has 33 heavy (non-hydrogen) atoms. The van der Waals surface area contributed by atoms with Crippen molar-refractivity contribution in [1.82, 2.24) is 9.55 Å². The van der Waals surface area contributed by atoms with E-state index in [1.54, 1.807) is 18.3 Å². The number of aromatic amines is 1. The van der Waals surface area contributed by atoms with Gasteiger partial charge in [-0.15, -0.1) is 0 Å². The van der Waals surface area contributed by atoms with Gasteiger partial charge in [0, 0.05) is 24.9 Å². The number of halogens is 2. The van der Waals surface area contributed by atoms with E-state index in [-0.39, 0.29) is 29.9 Å². The molecule has 4 aromatic rings. The molecule has 2 aromatic carbocycles. The zero-order valence-electron chi connectivity index (χ0n) is 17.6. The van der Waals surface area contributed by atoms with Crippen LogP contribution in [-0.2, 0) is 13.0 Å². The Morgan fingerprint density at radius 2 is 1.67 bits per heavy atom. The number of pyridine rings is 2. The van der Waals surface area contributed by atoms with Gasteiger partial charge in [-0.25, -0.2) is 8.78 Å². The number of carbonyl (C=O) groups excluding carboxylic acids is 1. The van der Waals surface area contributed by atoms with E-state index < -0.39 is 17.2 Å². The maximum atomic E-state index is 13.5.